The highest BCUT2D eigenvalue weighted by Crippen LogP contribution is 2.23. The third-order valence-electron chi connectivity index (χ3n) is 4.04. The van der Waals surface area contributed by atoms with Gasteiger partial charge in [0.25, 0.3) is 0 Å². The van der Waals surface area contributed by atoms with Crippen molar-refractivity contribution in [2.45, 2.75) is 6.54 Å². The Kier molecular flexibility index (Phi) is 8.07. The monoisotopic (exact) mass is 411 g/mol. The number of esters is 1. The normalized spacial score (nSPS) is 13.5. The molecule has 0 aliphatic rings. The summed E-state index contributed by atoms with van der Waals surface area (Å²) in [6.45, 7) is -1.31. The molecule has 0 unspecified atom stereocenters. The highest BCUT2D eigenvalue weighted by atomic mass is 35.5. The Labute approximate surface area is 166 Å². The first-order chi connectivity index (χ1) is 13.3. The summed E-state index contributed by atoms with van der Waals surface area (Å²) in [6.07, 6.45) is 2.61. The quantitative estimate of drug-likeness (QED) is 0.296. The number of ether oxygens (including phenoxy) is 1. The van der Waals surface area contributed by atoms with E-state index in [1.165, 1.54) is 48.5 Å². The van der Waals surface area contributed by atoms with E-state index < -0.39 is 23.0 Å². The molecule has 0 fully saturated rings. The molecule has 0 aliphatic carbocycles. The fourth-order valence-electron chi connectivity index (χ4n) is 2.52. The summed E-state index contributed by atoms with van der Waals surface area (Å²) in [4.78, 5) is 11.8. The molecule has 8 heteroatoms. The van der Waals surface area contributed by atoms with Gasteiger partial charge in [0.1, 0.15) is 37.9 Å². The Balaban J connectivity index is 1.93. The molecule has 0 saturated carbocycles. The number of quaternary nitrogens is 1. The van der Waals surface area contributed by atoms with E-state index in [0.29, 0.717) is 5.56 Å². The van der Waals surface area contributed by atoms with Gasteiger partial charge >= 0.3 is 5.97 Å². The fourth-order valence-corrected chi connectivity index (χ4v) is 2.75. The van der Waals surface area contributed by atoms with Crippen LogP contribution >= 0.6 is 11.6 Å². The second-order valence-electron chi connectivity index (χ2n) is 6.14. The van der Waals surface area contributed by atoms with Crippen LogP contribution in [0.3, 0.4) is 0 Å². The van der Waals surface area contributed by atoms with Gasteiger partial charge in [-0.05, 0) is 35.9 Å². The first kappa shape index (κ1) is 22.0. The molecule has 1 N–H and O–H groups in total. The minimum atomic E-state index is -0.994. The Morgan fingerprint density at radius 2 is 1.89 bits per heavy atom. The summed E-state index contributed by atoms with van der Waals surface area (Å²) < 4.78 is 30.8. The van der Waals surface area contributed by atoms with E-state index in [1.54, 1.807) is 0 Å². The number of rotatable bonds is 9. The van der Waals surface area contributed by atoms with Crippen molar-refractivity contribution < 1.29 is 28.1 Å². The van der Waals surface area contributed by atoms with Gasteiger partial charge in [-0.15, -0.1) is 0 Å². The van der Waals surface area contributed by atoms with Crippen molar-refractivity contribution in [1.82, 2.24) is 0 Å². The Hall–Kier alpha value is -2.32. The number of hydrogen-bond donors (Lipinski definition) is 1. The van der Waals surface area contributed by atoms with Gasteiger partial charge in [-0.3, -0.25) is 0 Å². The number of carbonyl (C=O) groups is 1. The van der Waals surface area contributed by atoms with Crippen molar-refractivity contribution in [2.24, 2.45) is 0 Å². The minimum absolute atomic E-state index is 0.0511. The number of hydroxylamine groups is 3. The zero-order valence-electron chi connectivity index (χ0n) is 15.0. The van der Waals surface area contributed by atoms with Crippen molar-refractivity contribution in [3.8, 4) is 0 Å². The summed E-state index contributed by atoms with van der Waals surface area (Å²) in [5.74, 6) is -1.67. The van der Waals surface area contributed by atoms with E-state index in [2.05, 4.69) is 0 Å². The minimum Gasteiger partial charge on any atom is -0.632 e. The van der Waals surface area contributed by atoms with Crippen LogP contribution in [-0.2, 0) is 16.1 Å². The molecular formula is C20H20ClF2NO4. The molecule has 2 rings (SSSR count). The van der Waals surface area contributed by atoms with Crippen molar-refractivity contribution in [3.05, 3.63) is 81.5 Å². The average Bonchev–Trinajstić information content (AvgIpc) is 2.65. The molecule has 2 aromatic carbocycles. The van der Waals surface area contributed by atoms with Crippen LogP contribution in [-0.4, -0.2) is 42.0 Å². The molecule has 0 saturated heterocycles. The molecule has 150 valence electrons. The van der Waals surface area contributed by atoms with Crippen LogP contribution in [0.2, 0.25) is 5.02 Å². The van der Waals surface area contributed by atoms with E-state index in [9.17, 15) is 18.8 Å². The number of aliphatic hydroxyl groups is 1. The number of benzene rings is 2. The van der Waals surface area contributed by atoms with Gasteiger partial charge in [0.2, 0.25) is 0 Å². The first-order valence-electron chi connectivity index (χ1n) is 8.54. The topological polar surface area (TPSA) is 69.6 Å². The van der Waals surface area contributed by atoms with Crippen LogP contribution in [0, 0.1) is 16.8 Å². The predicted octanol–water partition coefficient (Wildman–Crippen LogP) is 3.68. The molecule has 1 atom stereocenters. The van der Waals surface area contributed by atoms with Crippen molar-refractivity contribution in [1.29, 1.82) is 0 Å². The largest absolute Gasteiger partial charge is 0.632 e. The third-order valence-corrected chi connectivity index (χ3v) is 4.39. The van der Waals surface area contributed by atoms with Gasteiger partial charge in [-0.1, -0.05) is 29.8 Å². The molecule has 28 heavy (non-hydrogen) atoms. The second kappa shape index (κ2) is 10.3. The zero-order chi connectivity index (χ0) is 20.6. The second-order valence-corrected chi connectivity index (χ2v) is 6.55. The van der Waals surface area contributed by atoms with Crippen molar-refractivity contribution >= 4 is 23.6 Å². The maximum absolute atomic E-state index is 13.9. The van der Waals surface area contributed by atoms with Gasteiger partial charge in [0.05, 0.1) is 17.2 Å². The predicted molar refractivity (Wildman–Crippen MR) is 102 cm³/mol. The number of hydrogen-bond acceptors (Lipinski definition) is 4. The van der Waals surface area contributed by atoms with Gasteiger partial charge in [0.15, 0.2) is 0 Å². The van der Waals surface area contributed by atoms with Crippen molar-refractivity contribution in [3.63, 3.8) is 0 Å². The lowest BCUT2D eigenvalue weighted by Gasteiger charge is -2.42. The fraction of sp³-hybridized carbons (Fsp3) is 0.250. The maximum atomic E-state index is 13.9. The zero-order valence-corrected chi connectivity index (χ0v) is 15.7. The molecule has 0 radical (unpaired) electrons. The van der Waals surface area contributed by atoms with Crippen LogP contribution in [0.1, 0.15) is 11.1 Å². The lowest BCUT2D eigenvalue weighted by Crippen LogP contribution is -2.46. The summed E-state index contributed by atoms with van der Waals surface area (Å²) in [5, 5.41) is 22.2. The van der Waals surface area contributed by atoms with E-state index in [1.807, 2.05) is 0 Å². The van der Waals surface area contributed by atoms with Crippen LogP contribution in [0.5, 0.6) is 0 Å². The van der Waals surface area contributed by atoms with Crippen LogP contribution in [0.4, 0.5) is 8.78 Å². The Morgan fingerprint density at radius 1 is 1.18 bits per heavy atom. The summed E-state index contributed by atoms with van der Waals surface area (Å²) >= 11 is 5.96. The first-order valence-corrected chi connectivity index (χ1v) is 8.92. The number of carbonyl (C=O) groups excluding carboxylic acids is 1. The lowest BCUT2D eigenvalue weighted by molar-refractivity contribution is -0.894. The number of aliphatic hydroxyl groups excluding tert-OH is 1. The summed E-state index contributed by atoms with van der Waals surface area (Å²) in [7, 11) is 0. The molecule has 0 spiro atoms. The Morgan fingerprint density at radius 3 is 2.54 bits per heavy atom. The smallest absolute Gasteiger partial charge is 0.330 e. The molecule has 2 aromatic rings. The number of nitrogens with zero attached hydrogens (tertiary/aromatic N) is 1. The molecule has 0 aliphatic heterocycles. The Bertz CT molecular complexity index is 809. The summed E-state index contributed by atoms with van der Waals surface area (Å²) in [5.41, 5.74) is 0.664. The molecule has 5 nitrogen and oxygen atoms in total. The lowest BCUT2D eigenvalue weighted by atomic mass is 10.2. The molecule has 0 heterocycles. The average molecular weight is 412 g/mol. The molecule has 0 bridgehead atoms. The molecular weight excluding hydrogens is 392 g/mol. The molecule has 0 amide bonds. The van der Waals surface area contributed by atoms with Crippen LogP contribution in [0.15, 0.2) is 48.5 Å². The van der Waals surface area contributed by atoms with Gasteiger partial charge in [-0.2, -0.15) is 0 Å². The van der Waals surface area contributed by atoms with Crippen molar-refractivity contribution in [2.75, 3.05) is 26.3 Å². The van der Waals surface area contributed by atoms with E-state index in [-0.39, 0.29) is 42.6 Å². The van der Waals surface area contributed by atoms with E-state index in [0.717, 1.165) is 6.08 Å². The standard InChI is InChI=1S/C20H20ClF2NO4/c21-18-2-1-3-19(23)17(18)14-24(27,10-12-25)11-13-28-20(26)9-6-15-4-7-16(22)8-5-15/h1-9,25H,10-14H2/b9-6+/t24-/m0/s1. The highest BCUT2D eigenvalue weighted by Gasteiger charge is 2.22. The third kappa shape index (κ3) is 6.69. The van der Waals surface area contributed by atoms with Crippen LogP contribution < -0.4 is 0 Å². The van der Waals surface area contributed by atoms with E-state index in [4.69, 9.17) is 21.4 Å². The maximum Gasteiger partial charge on any atom is 0.330 e. The van der Waals surface area contributed by atoms with E-state index >= 15 is 0 Å². The van der Waals surface area contributed by atoms with Gasteiger partial charge in [0, 0.05) is 6.08 Å². The summed E-state index contributed by atoms with van der Waals surface area (Å²) in [6, 6.07) is 9.63. The van der Waals surface area contributed by atoms with Gasteiger partial charge < -0.3 is 19.7 Å². The van der Waals surface area contributed by atoms with Crippen LogP contribution in [0.25, 0.3) is 6.08 Å². The number of halogens is 3. The highest BCUT2D eigenvalue weighted by molar-refractivity contribution is 6.31. The SMILES string of the molecule is O=C(/C=C/c1ccc(F)cc1)OCC[N@@+]([O-])(CCO)Cc1c(F)cccc1Cl. The van der Waals surface area contributed by atoms with Gasteiger partial charge in [-0.25, -0.2) is 13.6 Å². The molecule has 0 aromatic heterocycles.